The lowest BCUT2D eigenvalue weighted by Crippen LogP contribution is -2.58. The van der Waals surface area contributed by atoms with Crippen LogP contribution in [0.15, 0.2) is 54.6 Å². The molecule has 3 amide bonds. The number of ether oxygens (including phenoxy) is 3. The van der Waals surface area contributed by atoms with Crippen molar-refractivity contribution in [2.75, 3.05) is 39.9 Å². The predicted octanol–water partition coefficient (Wildman–Crippen LogP) is 3.87. The molecule has 2 atom stereocenters. The summed E-state index contributed by atoms with van der Waals surface area (Å²) in [4.78, 5) is 45.4. The lowest BCUT2D eigenvalue weighted by molar-refractivity contribution is -0.125. The molecule has 2 aliphatic rings. The number of nitrogens with zero attached hydrogens (tertiary/aromatic N) is 2. The van der Waals surface area contributed by atoms with Gasteiger partial charge in [-0.05, 0) is 67.3 Å². The van der Waals surface area contributed by atoms with E-state index >= 15 is 0 Å². The zero-order valence-corrected chi connectivity index (χ0v) is 25.2. The van der Waals surface area contributed by atoms with Gasteiger partial charge in [-0.2, -0.15) is 0 Å². The van der Waals surface area contributed by atoms with Crippen LogP contribution in [-0.4, -0.2) is 84.7 Å². The van der Waals surface area contributed by atoms with Gasteiger partial charge in [0.2, 0.25) is 5.91 Å². The number of rotatable bonds is 6. The Hall–Kier alpha value is -3.93. The van der Waals surface area contributed by atoms with Gasteiger partial charge >= 0.3 is 0 Å². The molecular weight excluding hydrogens is 570 g/mol. The highest BCUT2D eigenvalue weighted by atomic mass is 32.1. The fourth-order valence-electron chi connectivity index (χ4n) is 5.33. The minimum atomic E-state index is -0.481. The van der Waals surface area contributed by atoms with Crippen LogP contribution in [0.3, 0.4) is 0 Å². The van der Waals surface area contributed by atoms with Gasteiger partial charge in [0.25, 0.3) is 11.8 Å². The fraction of sp³-hybridized carbons (Fsp3) is 0.406. The van der Waals surface area contributed by atoms with Gasteiger partial charge in [0, 0.05) is 36.7 Å². The molecule has 4 bridgehead atoms. The van der Waals surface area contributed by atoms with E-state index in [0.717, 1.165) is 16.9 Å². The van der Waals surface area contributed by atoms with Crippen LogP contribution in [0.1, 0.15) is 50.2 Å². The molecule has 0 spiro atoms. The molecular formula is C32H37N3O7S. The number of aliphatic hydroxyl groups is 1. The third kappa shape index (κ3) is 7.35. The number of thiophene rings is 1. The van der Waals surface area contributed by atoms with Crippen molar-refractivity contribution in [2.24, 2.45) is 0 Å². The summed E-state index contributed by atoms with van der Waals surface area (Å²) in [7, 11) is 1.52. The number of hydrogen-bond donors (Lipinski definition) is 2. The number of carbonyl (C=O) groups is 3. The van der Waals surface area contributed by atoms with Gasteiger partial charge in [-0.25, -0.2) is 0 Å². The standard InChI is InChI=1S/C32H37N3O7S/c1-3-24-9-11-29(43-24)32(39)35-14-12-26-25(18-35)33-30(37)19-34(13-5-15-36)31(38)22-8-10-27(40-2)28(17-22)42-23-7-4-6-21(16-23)20-41-26/h4,6-11,16-17,25-26,36H,3,5,12-15,18-20H2,1-2H3,(H,33,37)/t25-,26-/m0/s1. The molecule has 1 fully saturated rings. The summed E-state index contributed by atoms with van der Waals surface area (Å²) < 4.78 is 18.0. The molecule has 3 aromatic rings. The van der Waals surface area contributed by atoms with Crippen molar-refractivity contribution in [2.45, 2.75) is 44.9 Å². The van der Waals surface area contributed by atoms with Crippen LogP contribution < -0.4 is 14.8 Å². The summed E-state index contributed by atoms with van der Waals surface area (Å²) in [5, 5.41) is 12.5. The molecule has 1 aromatic heterocycles. The van der Waals surface area contributed by atoms with E-state index in [1.807, 2.05) is 36.4 Å². The molecule has 0 radical (unpaired) electrons. The molecule has 2 N–H and O–H groups in total. The third-order valence-electron chi connectivity index (χ3n) is 7.61. The Morgan fingerprint density at radius 2 is 2.02 bits per heavy atom. The molecule has 10 nitrogen and oxygen atoms in total. The Labute approximate surface area is 255 Å². The lowest BCUT2D eigenvalue weighted by Gasteiger charge is -2.39. The molecule has 5 rings (SSSR count). The van der Waals surface area contributed by atoms with E-state index in [0.29, 0.717) is 47.1 Å². The van der Waals surface area contributed by atoms with Crippen LogP contribution in [0.25, 0.3) is 0 Å². The van der Waals surface area contributed by atoms with Gasteiger partial charge in [0.1, 0.15) is 5.75 Å². The van der Waals surface area contributed by atoms with E-state index in [-0.39, 0.29) is 56.7 Å². The summed E-state index contributed by atoms with van der Waals surface area (Å²) in [6, 6.07) is 15.7. The molecule has 43 heavy (non-hydrogen) atoms. The van der Waals surface area contributed by atoms with E-state index in [1.54, 1.807) is 23.1 Å². The average molecular weight is 608 g/mol. The SMILES string of the molecule is CCc1ccc(C(=O)N2CC[C@@H]3OCc4cccc(c4)Oc4cc(ccc4OC)C(=O)N(CCCO)CC(=O)N[C@H]3C2)s1. The Balaban J connectivity index is 1.44. The largest absolute Gasteiger partial charge is 0.493 e. The Kier molecular flexibility index (Phi) is 9.96. The van der Waals surface area contributed by atoms with E-state index in [4.69, 9.17) is 14.2 Å². The number of benzene rings is 2. The minimum Gasteiger partial charge on any atom is -0.493 e. The van der Waals surface area contributed by atoms with Gasteiger partial charge in [-0.3, -0.25) is 14.4 Å². The van der Waals surface area contributed by atoms with E-state index in [1.165, 1.54) is 23.3 Å². The number of amides is 3. The van der Waals surface area contributed by atoms with Crippen LogP contribution >= 0.6 is 11.3 Å². The first-order valence-electron chi connectivity index (χ1n) is 14.5. The molecule has 3 heterocycles. The van der Waals surface area contributed by atoms with Crippen LogP contribution in [0.2, 0.25) is 0 Å². The second kappa shape index (κ2) is 14.0. The minimum absolute atomic E-state index is 0.0653. The topological polar surface area (TPSA) is 118 Å². The molecule has 228 valence electrons. The number of aliphatic hydroxyl groups excluding tert-OH is 1. The zero-order chi connectivity index (χ0) is 30.3. The number of piperidine rings is 1. The number of methoxy groups -OCH3 is 1. The summed E-state index contributed by atoms with van der Waals surface area (Å²) in [6.45, 7) is 2.95. The van der Waals surface area contributed by atoms with E-state index in [2.05, 4.69) is 12.2 Å². The number of hydrogen-bond acceptors (Lipinski definition) is 8. The van der Waals surface area contributed by atoms with Crippen molar-refractivity contribution >= 4 is 29.1 Å². The molecule has 2 aliphatic heterocycles. The van der Waals surface area contributed by atoms with Gasteiger partial charge in [0.05, 0.1) is 37.3 Å². The Morgan fingerprint density at radius 3 is 2.79 bits per heavy atom. The fourth-order valence-corrected chi connectivity index (χ4v) is 6.25. The summed E-state index contributed by atoms with van der Waals surface area (Å²) >= 11 is 1.49. The zero-order valence-electron chi connectivity index (χ0n) is 24.4. The summed E-state index contributed by atoms with van der Waals surface area (Å²) in [5.41, 5.74) is 1.20. The van der Waals surface area contributed by atoms with Gasteiger partial charge < -0.3 is 34.4 Å². The number of aryl methyl sites for hydroxylation is 1. The monoisotopic (exact) mass is 607 g/mol. The van der Waals surface area contributed by atoms with Crippen LogP contribution in [-0.2, 0) is 22.6 Å². The Morgan fingerprint density at radius 1 is 1.16 bits per heavy atom. The smallest absolute Gasteiger partial charge is 0.264 e. The van der Waals surface area contributed by atoms with Crippen molar-refractivity contribution in [3.8, 4) is 17.2 Å². The van der Waals surface area contributed by atoms with Crippen LogP contribution in [0.4, 0.5) is 0 Å². The third-order valence-corrected chi connectivity index (χ3v) is 8.83. The van der Waals surface area contributed by atoms with E-state index < -0.39 is 6.04 Å². The van der Waals surface area contributed by atoms with Crippen molar-refractivity contribution in [3.05, 3.63) is 75.5 Å². The predicted molar refractivity (Wildman–Crippen MR) is 162 cm³/mol. The molecule has 11 heteroatoms. The molecule has 0 unspecified atom stereocenters. The quantitative estimate of drug-likeness (QED) is 0.437. The van der Waals surface area contributed by atoms with Crippen LogP contribution in [0.5, 0.6) is 17.2 Å². The number of nitrogens with one attached hydrogen (secondary N) is 1. The number of likely N-dealkylation sites (tertiary alicyclic amines) is 1. The normalized spacial score (nSPS) is 19.3. The van der Waals surface area contributed by atoms with Crippen molar-refractivity contribution in [1.82, 2.24) is 15.1 Å². The highest BCUT2D eigenvalue weighted by Gasteiger charge is 2.35. The van der Waals surface area contributed by atoms with Gasteiger partial charge in [-0.1, -0.05) is 19.1 Å². The highest BCUT2D eigenvalue weighted by Crippen LogP contribution is 2.33. The average Bonchev–Trinajstić information content (AvgIpc) is 3.51. The maximum Gasteiger partial charge on any atom is 0.264 e. The number of fused-ring (bicyclic) bond motifs is 5. The molecule has 2 aromatic carbocycles. The van der Waals surface area contributed by atoms with Crippen molar-refractivity contribution in [1.29, 1.82) is 0 Å². The molecule has 0 saturated carbocycles. The number of carbonyl (C=O) groups excluding carboxylic acids is 3. The maximum absolute atomic E-state index is 13.6. The first-order chi connectivity index (χ1) is 20.9. The summed E-state index contributed by atoms with van der Waals surface area (Å²) in [5.74, 6) is 0.554. The van der Waals surface area contributed by atoms with Crippen LogP contribution in [0, 0.1) is 0 Å². The second-order valence-electron chi connectivity index (χ2n) is 10.6. The van der Waals surface area contributed by atoms with Gasteiger partial charge in [-0.15, -0.1) is 11.3 Å². The summed E-state index contributed by atoms with van der Waals surface area (Å²) in [6.07, 6.45) is 1.36. The molecule has 0 aliphatic carbocycles. The Bertz CT molecular complexity index is 1460. The van der Waals surface area contributed by atoms with Crippen molar-refractivity contribution in [3.63, 3.8) is 0 Å². The first-order valence-corrected chi connectivity index (χ1v) is 15.3. The van der Waals surface area contributed by atoms with Gasteiger partial charge in [0.15, 0.2) is 11.5 Å². The molecule has 1 saturated heterocycles. The highest BCUT2D eigenvalue weighted by molar-refractivity contribution is 7.14. The maximum atomic E-state index is 13.6. The van der Waals surface area contributed by atoms with E-state index in [9.17, 15) is 19.5 Å². The van der Waals surface area contributed by atoms with Crippen molar-refractivity contribution < 1.29 is 33.7 Å². The lowest BCUT2D eigenvalue weighted by atomic mass is 10.0. The second-order valence-corrected chi connectivity index (χ2v) is 11.8. The first kappa shape index (κ1) is 30.5.